The van der Waals surface area contributed by atoms with E-state index in [-0.39, 0.29) is 43.8 Å². The molecule has 0 aromatic rings. The van der Waals surface area contributed by atoms with E-state index in [1.54, 1.807) is 41.5 Å². The first kappa shape index (κ1) is 50.0. The van der Waals surface area contributed by atoms with Crippen molar-refractivity contribution < 1.29 is 62.4 Å². The molecule has 2 N–H and O–H groups in total. The summed E-state index contributed by atoms with van der Waals surface area (Å²) < 4.78 is 56.9. The Morgan fingerprint density at radius 3 is 2.00 bits per heavy atom. The Labute approximate surface area is 345 Å². The highest BCUT2D eigenvalue weighted by molar-refractivity contribution is 5.83. The molecule has 0 spiro atoms. The van der Waals surface area contributed by atoms with E-state index in [2.05, 4.69) is 6.07 Å². The summed E-state index contributed by atoms with van der Waals surface area (Å²) in [5, 5.41) is 42.2. The molecule has 0 aromatic heterocycles. The summed E-state index contributed by atoms with van der Waals surface area (Å²) in [6.45, 7) is 16.7. The van der Waals surface area contributed by atoms with Gasteiger partial charge in [0, 0.05) is 44.4 Å². The van der Waals surface area contributed by atoms with Gasteiger partial charge >= 0.3 is 5.97 Å². The summed E-state index contributed by atoms with van der Waals surface area (Å²) in [7, 11) is 6.86. The molecule has 0 unspecified atom stereocenters. The number of cyclic esters (lactones) is 1. The SMILES string of the molecule is CC[C@H]1OC(=O)[C@H](C)[C@@H](O[C@H]2C[C@@](C)(OC)[C@@H](O)[C@H](C)O2)[C@H](C)[C@@H](O[C@@H]2O[C@H](C)C[C@H](N(C)C)[C@H]2OCC#N)[C@@](C)(OC)C[C@@H](C)C(=O)[C@H](C)[C@@H](OCC#N)[C@]1(C)O. The maximum absolute atomic E-state index is 14.5. The second-order valence-corrected chi connectivity index (χ2v) is 17.5. The highest BCUT2D eigenvalue weighted by Gasteiger charge is 2.54. The van der Waals surface area contributed by atoms with Gasteiger partial charge in [0.25, 0.3) is 0 Å². The van der Waals surface area contributed by atoms with Crippen LogP contribution in [0, 0.1) is 46.3 Å². The molecule has 3 heterocycles. The van der Waals surface area contributed by atoms with Gasteiger partial charge in [0.2, 0.25) is 0 Å². The Bertz CT molecular complexity index is 1440. The molecule has 0 aliphatic carbocycles. The van der Waals surface area contributed by atoms with Gasteiger partial charge in [-0.05, 0) is 74.9 Å². The van der Waals surface area contributed by atoms with Gasteiger partial charge in [-0.25, -0.2) is 0 Å². The number of Topliss-reactive ketones (excluding diaryl/α,β-unsaturated/α-hetero) is 1. The minimum Gasteiger partial charge on any atom is -0.459 e. The smallest absolute Gasteiger partial charge is 0.311 e. The number of aliphatic hydroxyl groups is 2. The zero-order valence-corrected chi connectivity index (χ0v) is 37.1. The second-order valence-electron chi connectivity index (χ2n) is 17.5. The highest BCUT2D eigenvalue weighted by atomic mass is 16.7. The van der Waals surface area contributed by atoms with Crippen LogP contribution < -0.4 is 0 Å². The largest absolute Gasteiger partial charge is 0.459 e. The normalized spacial score (nSPS) is 44.8. The minimum atomic E-state index is -1.90. The van der Waals surface area contributed by atoms with Gasteiger partial charge in [0.05, 0.1) is 53.7 Å². The molecule has 332 valence electrons. The summed E-state index contributed by atoms with van der Waals surface area (Å²) in [6, 6.07) is 3.78. The van der Waals surface area contributed by atoms with Crippen molar-refractivity contribution in [3.63, 3.8) is 0 Å². The molecule has 0 amide bonds. The van der Waals surface area contributed by atoms with E-state index in [0.29, 0.717) is 6.42 Å². The molecule has 0 bridgehead atoms. The van der Waals surface area contributed by atoms with Crippen LogP contribution in [0.15, 0.2) is 0 Å². The van der Waals surface area contributed by atoms with Crippen LogP contribution in [0.1, 0.15) is 94.9 Å². The molecular weight excluding hydrogens is 754 g/mol. The molecule has 3 fully saturated rings. The van der Waals surface area contributed by atoms with E-state index in [9.17, 15) is 30.3 Å². The van der Waals surface area contributed by atoms with Crippen LogP contribution in [0.5, 0.6) is 0 Å². The van der Waals surface area contributed by atoms with Crippen LogP contribution in [-0.2, 0) is 52.2 Å². The van der Waals surface area contributed by atoms with E-state index >= 15 is 0 Å². The third-order valence-electron chi connectivity index (χ3n) is 12.9. The molecule has 58 heavy (non-hydrogen) atoms. The third kappa shape index (κ3) is 11.1. The standard InChI is InChI=1S/C42H71N3O13/c1-15-30-42(10,49)37(53-19-17-44)25(4)32(46)23(2)21-41(9,51-14)36(58-39-34(52-18-16-43)29(45(11)12)20-24(3)54-39)26(5)33(27(6)38(48)56-30)57-31-22-40(8,50-13)35(47)28(7)55-31/h23-31,33-37,39,47,49H,15,18-22H2,1-14H3/t23-,24-,25+,26+,27-,28+,29+,30-,31+,33+,34-,35+,36-,37-,39+,40-,41+,42-/m1/s1. The number of aliphatic hydroxyl groups excluding tert-OH is 1. The fourth-order valence-corrected chi connectivity index (χ4v) is 9.31. The number of nitrogens with zero attached hydrogens (tertiary/aromatic N) is 3. The number of ether oxygens (including phenoxy) is 9. The van der Waals surface area contributed by atoms with Crippen LogP contribution in [0.4, 0.5) is 0 Å². The molecule has 3 aliphatic rings. The van der Waals surface area contributed by atoms with Gasteiger partial charge in [0.1, 0.15) is 49.0 Å². The summed E-state index contributed by atoms with van der Waals surface area (Å²) in [5.74, 6) is -4.40. The van der Waals surface area contributed by atoms with Gasteiger partial charge in [-0.3, -0.25) is 9.59 Å². The van der Waals surface area contributed by atoms with Crippen molar-refractivity contribution in [3.8, 4) is 12.1 Å². The fraction of sp³-hybridized carbons (Fsp3) is 0.905. The molecule has 3 aliphatic heterocycles. The van der Waals surface area contributed by atoms with Crippen molar-refractivity contribution in [3.05, 3.63) is 0 Å². The number of methoxy groups -OCH3 is 2. The second kappa shape index (κ2) is 21.0. The number of carbonyl (C=O) groups excluding carboxylic acids is 2. The lowest BCUT2D eigenvalue weighted by Crippen LogP contribution is -2.62. The topological polar surface area (TPSA) is 208 Å². The first-order valence-electron chi connectivity index (χ1n) is 20.6. The molecule has 0 radical (unpaired) electrons. The number of esters is 1. The lowest BCUT2D eigenvalue weighted by atomic mass is 9.73. The van der Waals surface area contributed by atoms with Crippen LogP contribution in [-0.4, -0.2) is 153 Å². The van der Waals surface area contributed by atoms with Crippen molar-refractivity contribution in [2.75, 3.05) is 41.5 Å². The lowest BCUT2D eigenvalue weighted by molar-refractivity contribution is -0.322. The Morgan fingerprint density at radius 2 is 1.45 bits per heavy atom. The predicted molar refractivity (Wildman–Crippen MR) is 210 cm³/mol. The average molecular weight is 826 g/mol. The highest BCUT2D eigenvalue weighted by Crippen LogP contribution is 2.42. The Balaban J connectivity index is 2.30. The first-order chi connectivity index (χ1) is 27.1. The fourth-order valence-electron chi connectivity index (χ4n) is 9.31. The molecule has 16 heteroatoms. The van der Waals surface area contributed by atoms with Crippen molar-refractivity contribution >= 4 is 11.8 Å². The first-order valence-corrected chi connectivity index (χ1v) is 20.6. The van der Waals surface area contributed by atoms with Gasteiger partial charge in [0.15, 0.2) is 12.6 Å². The number of hydrogen-bond acceptors (Lipinski definition) is 16. The number of rotatable bonds is 12. The number of likely N-dealkylation sites (N-methyl/N-ethyl adjacent to an activating group) is 1. The summed E-state index contributed by atoms with van der Waals surface area (Å²) in [5.41, 5.74) is -4.23. The van der Waals surface area contributed by atoms with Gasteiger partial charge in [-0.15, -0.1) is 0 Å². The van der Waals surface area contributed by atoms with Gasteiger partial charge in [-0.2, -0.15) is 10.5 Å². The van der Waals surface area contributed by atoms with Crippen molar-refractivity contribution in [1.82, 2.24) is 4.90 Å². The third-order valence-corrected chi connectivity index (χ3v) is 12.9. The van der Waals surface area contributed by atoms with Crippen LogP contribution >= 0.6 is 0 Å². The Morgan fingerprint density at radius 1 is 0.845 bits per heavy atom. The summed E-state index contributed by atoms with van der Waals surface area (Å²) >= 11 is 0. The van der Waals surface area contributed by atoms with E-state index in [1.807, 2.05) is 45.8 Å². The van der Waals surface area contributed by atoms with Crippen molar-refractivity contribution in [2.24, 2.45) is 23.7 Å². The number of nitriles is 2. The van der Waals surface area contributed by atoms with E-state index in [0.717, 1.165) is 0 Å². The summed E-state index contributed by atoms with van der Waals surface area (Å²) in [4.78, 5) is 30.9. The van der Waals surface area contributed by atoms with Gasteiger partial charge in [-0.1, -0.05) is 27.7 Å². The van der Waals surface area contributed by atoms with Gasteiger partial charge < -0.3 is 57.7 Å². The van der Waals surface area contributed by atoms with Crippen molar-refractivity contribution in [2.45, 2.75) is 179 Å². The molecule has 3 rings (SSSR count). The average Bonchev–Trinajstić information content (AvgIpc) is 3.17. The number of ketones is 1. The van der Waals surface area contributed by atoms with Crippen LogP contribution in [0.25, 0.3) is 0 Å². The molecular formula is C42H71N3O13. The summed E-state index contributed by atoms with van der Waals surface area (Å²) in [6.07, 6.45) is -8.08. The molecule has 0 saturated carbocycles. The van der Waals surface area contributed by atoms with Crippen LogP contribution in [0.3, 0.4) is 0 Å². The lowest BCUT2D eigenvalue weighted by Gasteiger charge is -2.50. The Kier molecular flexibility index (Phi) is 18.1. The van der Waals surface area contributed by atoms with Crippen molar-refractivity contribution in [1.29, 1.82) is 10.5 Å². The minimum absolute atomic E-state index is 0.103. The molecule has 0 aromatic carbocycles. The van der Waals surface area contributed by atoms with E-state index < -0.39 is 108 Å². The molecule has 3 saturated heterocycles. The predicted octanol–water partition coefficient (Wildman–Crippen LogP) is 3.54. The maximum Gasteiger partial charge on any atom is 0.311 e. The Hall–Kier alpha value is -2.32. The quantitative estimate of drug-likeness (QED) is 0.270. The zero-order chi connectivity index (χ0) is 43.9. The van der Waals surface area contributed by atoms with Crippen LogP contribution in [0.2, 0.25) is 0 Å². The zero-order valence-electron chi connectivity index (χ0n) is 37.1. The number of hydrogen-bond donors (Lipinski definition) is 2. The number of carbonyl (C=O) groups is 2. The molecule has 18 atom stereocenters. The monoisotopic (exact) mass is 825 g/mol. The van der Waals surface area contributed by atoms with E-state index in [4.69, 9.17) is 42.6 Å². The maximum atomic E-state index is 14.5. The van der Waals surface area contributed by atoms with E-state index in [1.165, 1.54) is 21.1 Å². The molecule has 16 nitrogen and oxygen atoms in total.